The molecule has 9 heteroatoms. The lowest BCUT2D eigenvalue weighted by Crippen LogP contribution is -2.31. The van der Waals surface area contributed by atoms with E-state index in [2.05, 4.69) is 15.0 Å². The van der Waals surface area contributed by atoms with Gasteiger partial charge in [-0.1, -0.05) is 12.1 Å². The molecule has 0 saturated heterocycles. The number of aromatic nitrogens is 4. The Balaban J connectivity index is 1.82. The highest BCUT2D eigenvalue weighted by molar-refractivity contribution is 6.00. The van der Waals surface area contributed by atoms with E-state index in [1.807, 2.05) is 0 Å². The van der Waals surface area contributed by atoms with Crippen LogP contribution in [-0.4, -0.2) is 30.5 Å². The van der Waals surface area contributed by atoms with Gasteiger partial charge in [0.1, 0.15) is 22.7 Å². The van der Waals surface area contributed by atoms with E-state index in [-0.39, 0.29) is 17.9 Å². The maximum atomic E-state index is 13.2. The maximum absolute atomic E-state index is 13.2. The molecule has 0 fully saturated rings. The van der Waals surface area contributed by atoms with Crippen LogP contribution < -0.4 is 11.3 Å². The molecule has 3 heterocycles. The number of aromatic hydroxyl groups is 1. The smallest absolute Gasteiger partial charge is 0.267 e. The molecule has 0 saturated carbocycles. The third-order valence-corrected chi connectivity index (χ3v) is 4.83. The van der Waals surface area contributed by atoms with Gasteiger partial charge in [0.25, 0.3) is 11.5 Å². The minimum Gasteiger partial charge on any atom is -0.505 e. The normalized spacial score (nSPS) is 11.1. The van der Waals surface area contributed by atoms with Crippen molar-refractivity contribution < 1.29 is 14.3 Å². The first-order valence-electron chi connectivity index (χ1n) is 9.21. The minimum absolute atomic E-state index is 0.103. The number of benzene rings is 1. The molecule has 152 valence electrons. The van der Waals surface area contributed by atoms with E-state index in [9.17, 15) is 19.1 Å². The van der Waals surface area contributed by atoms with Crippen molar-refractivity contribution in [1.82, 2.24) is 19.5 Å². The predicted octanol–water partition coefficient (Wildman–Crippen LogP) is 1.90. The first kappa shape index (κ1) is 19.3. The molecule has 0 radical (unpaired) electrons. The molecular formula is C21H18FN5O3. The van der Waals surface area contributed by atoms with Crippen LogP contribution in [0.3, 0.4) is 0 Å². The van der Waals surface area contributed by atoms with Gasteiger partial charge in [0.2, 0.25) is 0 Å². The highest BCUT2D eigenvalue weighted by Gasteiger charge is 2.21. The number of amides is 1. The average molecular weight is 407 g/mol. The lowest BCUT2D eigenvalue weighted by atomic mass is 10.1. The molecule has 4 N–H and O–H groups in total. The van der Waals surface area contributed by atoms with Crippen LogP contribution >= 0.6 is 0 Å². The molecule has 8 nitrogen and oxygen atoms in total. The van der Waals surface area contributed by atoms with Crippen molar-refractivity contribution >= 4 is 16.9 Å². The Morgan fingerprint density at radius 2 is 1.97 bits per heavy atom. The van der Waals surface area contributed by atoms with E-state index in [0.29, 0.717) is 24.2 Å². The Bertz CT molecular complexity index is 1280. The third-order valence-electron chi connectivity index (χ3n) is 4.83. The highest BCUT2D eigenvalue weighted by Crippen LogP contribution is 2.26. The molecule has 0 unspecified atom stereocenters. The number of H-pyrrole nitrogens is 1. The Hall–Kier alpha value is -4.01. The monoisotopic (exact) mass is 407 g/mol. The van der Waals surface area contributed by atoms with Crippen molar-refractivity contribution in [2.24, 2.45) is 5.73 Å². The van der Waals surface area contributed by atoms with Gasteiger partial charge in [0, 0.05) is 31.6 Å². The van der Waals surface area contributed by atoms with Gasteiger partial charge in [-0.2, -0.15) is 0 Å². The van der Waals surface area contributed by atoms with Gasteiger partial charge in [0.15, 0.2) is 5.75 Å². The van der Waals surface area contributed by atoms with Crippen LogP contribution in [0.2, 0.25) is 0 Å². The molecule has 1 aromatic carbocycles. The van der Waals surface area contributed by atoms with E-state index >= 15 is 0 Å². The van der Waals surface area contributed by atoms with Crippen LogP contribution in [0.25, 0.3) is 11.0 Å². The second-order valence-electron chi connectivity index (χ2n) is 6.85. The average Bonchev–Trinajstić information content (AvgIpc) is 3.23. The Kier molecular flexibility index (Phi) is 5.01. The summed E-state index contributed by atoms with van der Waals surface area (Å²) in [4.78, 5) is 36.1. The summed E-state index contributed by atoms with van der Waals surface area (Å²) in [6.45, 7) is 0.199. The van der Waals surface area contributed by atoms with E-state index in [0.717, 1.165) is 11.1 Å². The van der Waals surface area contributed by atoms with Crippen LogP contribution in [0, 0.1) is 5.82 Å². The molecule has 0 aliphatic heterocycles. The number of hydrogen-bond donors (Lipinski definition) is 3. The molecule has 4 rings (SSSR count). The molecule has 0 aliphatic rings. The predicted molar refractivity (Wildman–Crippen MR) is 108 cm³/mol. The largest absolute Gasteiger partial charge is 0.505 e. The summed E-state index contributed by atoms with van der Waals surface area (Å²) in [7, 11) is 0. The first-order valence-corrected chi connectivity index (χ1v) is 9.21. The number of fused-ring (bicyclic) bond motifs is 1. The molecule has 0 spiro atoms. The van der Waals surface area contributed by atoms with Crippen molar-refractivity contribution in [1.29, 1.82) is 0 Å². The summed E-state index contributed by atoms with van der Waals surface area (Å²) >= 11 is 0. The zero-order valence-electron chi connectivity index (χ0n) is 15.8. The third kappa shape index (κ3) is 3.64. The number of carbonyl (C=O) groups is 1. The lowest BCUT2D eigenvalue weighted by Gasteiger charge is -2.14. The molecule has 0 aliphatic carbocycles. The molecule has 4 aromatic rings. The summed E-state index contributed by atoms with van der Waals surface area (Å²) in [5, 5.41) is 10.5. The van der Waals surface area contributed by atoms with E-state index in [4.69, 9.17) is 5.73 Å². The van der Waals surface area contributed by atoms with Gasteiger partial charge in [-0.15, -0.1) is 0 Å². The SMILES string of the molecule is NC(=O)c1c(O)c2ncc(Cc3ccc(F)cc3)cc2n(CCc2ncc[nH]2)c1=O. The van der Waals surface area contributed by atoms with Crippen LogP contribution in [0.15, 0.2) is 53.7 Å². The van der Waals surface area contributed by atoms with Gasteiger partial charge < -0.3 is 20.4 Å². The van der Waals surface area contributed by atoms with Gasteiger partial charge in [-0.05, 0) is 35.7 Å². The Morgan fingerprint density at radius 1 is 1.20 bits per heavy atom. The molecule has 0 atom stereocenters. The van der Waals surface area contributed by atoms with E-state index < -0.39 is 22.8 Å². The zero-order chi connectivity index (χ0) is 21.3. The highest BCUT2D eigenvalue weighted by atomic mass is 19.1. The van der Waals surface area contributed by atoms with Crippen molar-refractivity contribution in [2.75, 3.05) is 0 Å². The van der Waals surface area contributed by atoms with Crippen molar-refractivity contribution in [2.45, 2.75) is 19.4 Å². The van der Waals surface area contributed by atoms with Gasteiger partial charge in [0.05, 0.1) is 5.52 Å². The Morgan fingerprint density at radius 3 is 2.63 bits per heavy atom. The number of nitrogens with zero attached hydrogens (tertiary/aromatic N) is 3. The number of nitrogens with two attached hydrogens (primary N) is 1. The number of hydrogen-bond acceptors (Lipinski definition) is 5. The second kappa shape index (κ2) is 7.78. The minimum atomic E-state index is -1.02. The van der Waals surface area contributed by atoms with Crippen LogP contribution in [0.4, 0.5) is 4.39 Å². The molecule has 0 bridgehead atoms. The standard InChI is InChI=1S/C21H18FN5O3/c22-14-3-1-12(2-4-14)9-13-10-15-18(26-11-13)19(28)17(20(23)29)21(30)27(15)8-5-16-24-6-7-25-16/h1-4,6-7,10-11,28H,5,8-9H2,(H2,23,29)(H,24,25). The number of halogens is 1. The number of aryl methyl sites for hydroxylation is 2. The number of pyridine rings is 2. The number of aromatic amines is 1. The van der Waals surface area contributed by atoms with Crippen molar-refractivity contribution in [3.8, 4) is 5.75 Å². The zero-order valence-corrected chi connectivity index (χ0v) is 15.8. The Labute approximate surface area is 169 Å². The van der Waals surface area contributed by atoms with Gasteiger partial charge in [-0.25, -0.2) is 9.37 Å². The number of imidazole rings is 1. The molecule has 3 aromatic heterocycles. The number of carbonyl (C=O) groups excluding carboxylic acids is 1. The first-order chi connectivity index (χ1) is 14.4. The van der Waals surface area contributed by atoms with E-state index in [1.165, 1.54) is 22.9 Å². The fraction of sp³-hybridized carbons (Fsp3) is 0.143. The fourth-order valence-electron chi connectivity index (χ4n) is 3.38. The second-order valence-corrected chi connectivity index (χ2v) is 6.85. The van der Waals surface area contributed by atoms with Gasteiger partial charge in [-0.3, -0.25) is 14.6 Å². The lowest BCUT2D eigenvalue weighted by molar-refractivity contribution is 0.0996. The number of nitrogens with one attached hydrogen (secondary N) is 1. The molecular weight excluding hydrogens is 389 g/mol. The quantitative estimate of drug-likeness (QED) is 0.450. The molecule has 1 amide bonds. The van der Waals surface area contributed by atoms with Gasteiger partial charge >= 0.3 is 0 Å². The van der Waals surface area contributed by atoms with E-state index in [1.54, 1.807) is 30.6 Å². The number of primary amides is 1. The summed E-state index contributed by atoms with van der Waals surface area (Å²) in [6, 6.07) is 7.79. The summed E-state index contributed by atoms with van der Waals surface area (Å²) < 4.78 is 14.5. The maximum Gasteiger partial charge on any atom is 0.267 e. The summed E-state index contributed by atoms with van der Waals surface area (Å²) in [6.07, 6.45) is 5.66. The van der Waals surface area contributed by atoms with Crippen molar-refractivity contribution in [3.63, 3.8) is 0 Å². The number of rotatable bonds is 6. The van der Waals surface area contributed by atoms with Crippen LogP contribution in [0.5, 0.6) is 5.75 Å². The van der Waals surface area contributed by atoms with Crippen molar-refractivity contribution in [3.05, 3.63) is 87.6 Å². The summed E-state index contributed by atoms with van der Waals surface area (Å²) in [5.74, 6) is -1.22. The fourth-order valence-corrected chi connectivity index (χ4v) is 3.38. The molecule has 30 heavy (non-hydrogen) atoms. The summed E-state index contributed by atoms with van der Waals surface area (Å²) in [5.41, 5.74) is 6.22. The van der Waals surface area contributed by atoms with Crippen LogP contribution in [-0.2, 0) is 19.4 Å². The van der Waals surface area contributed by atoms with Crippen LogP contribution in [0.1, 0.15) is 27.3 Å². The topological polar surface area (TPSA) is 127 Å².